The number of phenols is 1. The smallest absolute Gasteiger partial charge is 0.408 e. The lowest BCUT2D eigenvalue weighted by molar-refractivity contribution is -0.143. The molecule has 1 atom stereocenters. The molecule has 0 aliphatic rings. The van der Waals surface area contributed by atoms with Gasteiger partial charge in [0.1, 0.15) is 5.60 Å². The Kier molecular flexibility index (Phi) is 5.62. The maximum absolute atomic E-state index is 11.9. The maximum atomic E-state index is 11.9. The Bertz CT molecular complexity index is 549. The van der Waals surface area contributed by atoms with Crippen LogP contribution in [0.1, 0.15) is 32.4 Å². The van der Waals surface area contributed by atoms with Crippen molar-refractivity contribution in [3.8, 4) is 11.5 Å². The third kappa shape index (κ3) is 4.83. The van der Waals surface area contributed by atoms with Crippen LogP contribution >= 0.6 is 0 Å². The molecule has 0 aliphatic carbocycles. The van der Waals surface area contributed by atoms with E-state index >= 15 is 0 Å². The molecule has 1 aromatic carbocycles. The minimum absolute atomic E-state index is 0.0767. The van der Waals surface area contributed by atoms with Gasteiger partial charge in [-0.3, -0.25) is 0 Å². The Morgan fingerprint density at radius 3 is 2.36 bits per heavy atom. The standard InChI is InChI=1S/C15H21NO6/c1-15(2,3)22-14(19)16-12(13(18)21-5)9-6-7-10(17)11(8-9)20-4/h6-8,12,17H,1-5H3,(H,16,19)/t12-/m0/s1. The minimum atomic E-state index is -1.07. The zero-order valence-electron chi connectivity index (χ0n) is 13.3. The van der Waals surface area contributed by atoms with E-state index in [0.717, 1.165) is 0 Å². The van der Waals surface area contributed by atoms with Gasteiger partial charge in [0.15, 0.2) is 17.5 Å². The van der Waals surface area contributed by atoms with Crippen molar-refractivity contribution in [3.05, 3.63) is 23.8 Å². The molecule has 0 fully saturated rings. The van der Waals surface area contributed by atoms with E-state index in [0.29, 0.717) is 5.56 Å². The monoisotopic (exact) mass is 311 g/mol. The lowest BCUT2D eigenvalue weighted by atomic mass is 10.1. The van der Waals surface area contributed by atoms with Gasteiger partial charge in [0.2, 0.25) is 0 Å². The lowest BCUT2D eigenvalue weighted by Gasteiger charge is -2.23. The van der Waals surface area contributed by atoms with Crippen LogP contribution in [0.5, 0.6) is 11.5 Å². The van der Waals surface area contributed by atoms with Crippen molar-refractivity contribution < 1.29 is 28.9 Å². The number of carbonyl (C=O) groups is 2. The first-order chi connectivity index (χ1) is 10.2. The quantitative estimate of drug-likeness (QED) is 0.827. The topological polar surface area (TPSA) is 94.1 Å². The summed E-state index contributed by atoms with van der Waals surface area (Å²) >= 11 is 0. The van der Waals surface area contributed by atoms with Crippen LogP contribution in [0.2, 0.25) is 0 Å². The number of hydrogen-bond acceptors (Lipinski definition) is 6. The van der Waals surface area contributed by atoms with Crippen LogP contribution in [0.15, 0.2) is 18.2 Å². The highest BCUT2D eigenvalue weighted by molar-refractivity contribution is 5.83. The first-order valence-electron chi connectivity index (χ1n) is 6.62. The Morgan fingerprint density at radius 1 is 1.23 bits per heavy atom. The predicted octanol–water partition coefficient (Wildman–Crippen LogP) is 2.14. The molecule has 0 heterocycles. The van der Waals surface area contributed by atoms with Crippen LogP contribution < -0.4 is 10.1 Å². The van der Waals surface area contributed by atoms with Crippen molar-refractivity contribution in [2.45, 2.75) is 32.4 Å². The van der Waals surface area contributed by atoms with Gasteiger partial charge in [0.25, 0.3) is 0 Å². The van der Waals surface area contributed by atoms with Gasteiger partial charge in [-0.1, -0.05) is 6.07 Å². The number of benzene rings is 1. The lowest BCUT2D eigenvalue weighted by Crippen LogP contribution is -2.38. The zero-order valence-corrected chi connectivity index (χ0v) is 13.3. The number of nitrogens with one attached hydrogen (secondary N) is 1. The second kappa shape index (κ2) is 7.02. The highest BCUT2D eigenvalue weighted by Gasteiger charge is 2.27. The van der Waals surface area contributed by atoms with Crippen molar-refractivity contribution >= 4 is 12.1 Å². The molecule has 0 unspecified atom stereocenters. The number of alkyl carbamates (subject to hydrolysis) is 1. The molecular weight excluding hydrogens is 290 g/mol. The van der Waals surface area contributed by atoms with Gasteiger partial charge in [-0.05, 0) is 38.5 Å². The molecule has 122 valence electrons. The van der Waals surface area contributed by atoms with E-state index in [4.69, 9.17) is 9.47 Å². The first kappa shape index (κ1) is 17.6. The van der Waals surface area contributed by atoms with Crippen molar-refractivity contribution in [1.29, 1.82) is 0 Å². The van der Waals surface area contributed by atoms with Crippen LogP contribution in [0.4, 0.5) is 4.79 Å². The fourth-order valence-electron chi connectivity index (χ4n) is 1.70. The second-order valence-electron chi connectivity index (χ2n) is 5.53. The van der Waals surface area contributed by atoms with Crippen molar-refractivity contribution in [1.82, 2.24) is 5.32 Å². The fourth-order valence-corrected chi connectivity index (χ4v) is 1.70. The average Bonchev–Trinajstić information content (AvgIpc) is 2.43. The van der Waals surface area contributed by atoms with Crippen molar-refractivity contribution in [2.75, 3.05) is 14.2 Å². The summed E-state index contributed by atoms with van der Waals surface area (Å²) in [6, 6.07) is 3.21. The van der Waals surface area contributed by atoms with Gasteiger partial charge in [0, 0.05) is 0 Å². The summed E-state index contributed by atoms with van der Waals surface area (Å²) in [5.41, 5.74) is -0.301. The molecule has 1 rings (SSSR count). The SMILES string of the molecule is COC(=O)[C@@H](NC(=O)OC(C)(C)C)c1ccc(O)c(OC)c1. The highest BCUT2D eigenvalue weighted by atomic mass is 16.6. The molecule has 0 aliphatic heterocycles. The van der Waals surface area contributed by atoms with Crippen LogP contribution in [0.25, 0.3) is 0 Å². The molecular formula is C15H21NO6. The molecule has 0 radical (unpaired) electrons. The Balaban J connectivity index is 3.04. The fraction of sp³-hybridized carbons (Fsp3) is 0.467. The predicted molar refractivity (Wildman–Crippen MR) is 78.8 cm³/mol. The number of hydrogen-bond donors (Lipinski definition) is 2. The summed E-state index contributed by atoms with van der Waals surface area (Å²) in [6.45, 7) is 5.13. The third-order valence-corrected chi connectivity index (χ3v) is 2.64. The number of rotatable bonds is 4. The summed E-state index contributed by atoms with van der Waals surface area (Å²) in [5.74, 6) is -0.567. The minimum Gasteiger partial charge on any atom is -0.504 e. The first-order valence-corrected chi connectivity index (χ1v) is 6.62. The van der Waals surface area contributed by atoms with Gasteiger partial charge in [0.05, 0.1) is 14.2 Å². The van der Waals surface area contributed by atoms with Crippen LogP contribution in [0.3, 0.4) is 0 Å². The molecule has 2 N–H and O–H groups in total. The van der Waals surface area contributed by atoms with E-state index in [1.165, 1.54) is 32.4 Å². The number of carbonyl (C=O) groups excluding carboxylic acids is 2. The van der Waals surface area contributed by atoms with Crippen LogP contribution in [-0.4, -0.2) is 37.0 Å². The van der Waals surface area contributed by atoms with Gasteiger partial charge in [-0.25, -0.2) is 9.59 Å². The molecule has 0 aromatic heterocycles. The van der Waals surface area contributed by atoms with Crippen molar-refractivity contribution in [2.24, 2.45) is 0 Å². The second-order valence-corrected chi connectivity index (χ2v) is 5.53. The number of esters is 1. The van der Waals surface area contributed by atoms with Gasteiger partial charge >= 0.3 is 12.1 Å². The average molecular weight is 311 g/mol. The van der Waals surface area contributed by atoms with Crippen LogP contribution in [0, 0.1) is 0 Å². The molecule has 22 heavy (non-hydrogen) atoms. The molecule has 1 aromatic rings. The van der Waals surface area contributed by atoms with E-state index in [2.05, 4.69) is 10.1 Å². The summed E-state index contributed by atoms with van der Waals surface area (Å²) in [4.78, 5) is 23.8. The molecule has 0 saturated carbocycles. The third-order valence-electron chi connectivity index (χ3n) is 2.64. The van der Waals surface area contributed by atoms with E-state index < -0.39 is 23.7 Å². The number of ether oxygens (including phenoxy) is 3. The van der Waals surface area contributed by atoms with E-state index in [9.17, 15) is 14.7 Å². The normalized spacial score (nSPS) is 12.2. The molecule has 0 spiro atoms. The Hall–Kier alpha value is -2.44. The summed E-state index contributed by atoms with van der Waals surface area (Å²) in [5, 5.41) is 12.0. The Morgan fingerprint density at radius 2 is 1.86 bits per heavy atom. The summed E-state index contributed by atoms with van der Waals surface area (Å²) in [6.07, 6.45) is -0.755. The van der Waals surface area contributed by atoms with E-state index in [1.807, 2.05) is 0 Å². The summed E-state index contributed by atoms with van der Waals surface area (Å²) < 4.78 is 14.8. The van der Waals surface area contributed by atoms with Gasteiger partial charge < -0.3 is 24.6 Å². The van der Waals surface area contributed by atoms with E-state index in [-0.39, 0.29) is 11.5 Å². The largest absolute Gasteiger partial charge is 0.504 e. The molecule has 7 nitrogen and oxygen atoms in total. The van der Waals surface area contributed by atoms with Crippen LogP contribution in [-0.2, 0) is 14.3 Å². The number of amides is 1. The zero-order chi connectivity index (χ0) is 16.9. The Labute approximate surface area is 129 Å². The highest BCUT2D eigenvalue weighted by Crippen LogP contribution is 2.29. The molecule has 0 saturated heterocycles. The molecule has 1 amide bonds. The van der Waals surface area contributed by atoms with E-state index in [1.54, 1.807) is 20.8 Å². The number of phenolic OH excluding ortho intramolecular Hbond substituents is 1. The molecule has 0 bridgehead atoms. The number of aromatic hydroxyl groups is 1. The van der Waals surface area contributed by atoms with Crippen molar-refractivity contribution in [3.63, 3.8) is 0 Å². The molecule has 7 heteroatoms. The van der Waals surface area contributed by atoms with Gasteiger partial charge in [-0.2, -0.15) is 0 Å². The summed E-state index contributed by atoms with van der Waals surface area (Å²) in [7, 11) is 2.59. The number of methoxy groups -OCH3 is 2. The maximum Gasteiger partial charge on any atom is 0.408 e. The van der Waals surface area contributed by atoms with Gasteiger partial charge in [-0.15, -0.1) is 0 Å².